The van der Waals surface area contributed by atoms with Crippen molar-refractivity contribution in [1.82, 2.24) is 10.6 Å². The normalized spacial score (nSPS) is 13.7. The Kier molecular flexibility index (Phi) is 6.14. The maximum absolute atomic E-state index is 11.3. The van der Waals surface area contributed by atoms with Gasteiger partial charge in [-0.05, 0) is 13.8 Å². The summed E-state index contributed by atoms with van der Waals surface area (Å²) in [5.41, 5.74) is 5.02. The van der Waals surface area contributed by atoms with E-state index in [9.17, 15) is 9.59 Å². The Morgan fingerprint density at radius 3 is 2.53 bits per heavy atom. The van der Waals surface area contributed by atoms with Crippen molar-refractivity contribution in [2.45, 2.75) is 32.4 Å². The summed E-state index contributed by atoms with van der Waals surface area (Å²) in [6, 6.07) is -0.526. The minimum atomic E-state index is -0.397. The number of amides is 2. The van der Waals surface area contributed by atoms with E-state index in [1.807, 2.05) is 0 Å². The van der Waals surface area contributed by atoms with E-state index < -0.39 is 11.9 Å². The van der Waals surface area contributed by atoms with Crippen LogP contribution in [0, 0.1) is 12.3 Å². The van der Waals surface area contributed by atoms with Crippen LogP contribution in [-0.2, 0) is 9.59 Å². The van der Waals surface area contributed by atoms with Gasteiger partial charge in [0.1, 0.15) is 0 Å². The van der Waals surface area contributed by atoms with Crippen LogP contribution in [-0.4, -0.2) is 30.4 Å². The molecule has 0 radical (unpaired) electrons. The van der Waals surface area contributed by atoms with Gasteiger partial charge in [-0.1, -0.05) is 5.92 Å². The van der Waals surface area contributed by atoms with Gasteiger partial charge in [0.15, 0.2) is 0 Å². The molecule has 0 saturated carbocycles. The third kappa shape index (κ3) is 6.52. The lowest BCUT2D eigenvalue weighted by molar-refractivity contribution is -0.123. The number of carbonyl (C=O) groups is 2. The minimum Gasteiger partial charge on any atom is -0.370 e. The zero-order chi connectivity index (χ0) is 11.8. The highest BCUT2D eigenvalue weighted by Gasteiger charge is 2.15. The molecule has 0 aliphatic heterocycles. The van der Waals surface area contributed by atoms with Gasteiger partial charge in [0.2, 0.25) is 11.8 Å². The molecule has 0 aromatic rings. The minimum absolute atomic E-state index is 0.130. The van der Waals surface area contributed by atoms with Crippen molar-refractivity contribution in [2.75, 3.05) is 6.54 Å². The molecule has 5 nitrogen and oxygen atoms in total. The number of terminal acetylenes is 1. The van der Waals surface area contributed by atoms with E-state index in [1.165, 1.54) is 0 Å². The Morgan fingerprint density at radius 2 is 2.07 bits per heavy atom. The molecule has 15 heavy (non-hydrogen) atoms. The van der Waals surface area contributed by atoms with Crippen LogP contribution in [0.2, 0.25) is 0 Å². The smallest absolute Gasteiger partial charge is 0.237 e. The fraction of sp³-hybridized carbons (Fsp3) is 0.600. The molecular weight excluding hydrogens is 194 g/mol. The van der Waals surface area contributed by atoms with Crippen LogP contribution >= 0.6 is 0 Å². The largest absolute Gasteiger partial charge is 0.370 e. The van der Waals surface area contributed by atoms with Gasteiger partial charge in [-0.25, -0.2) is 0 Å². The van der Waals surface area contributed by atoms with Crippen molar-refractivity contribution in [3.63, 3.8) is 0 Å². The Hall–Kier alpha value is -1.54. The maximum atomic E-state index is 11.3. The highest BCUT2D eigenvalue weighted by Crippen LogP contribution is 1.92. The van der Waals surface area contributed by atoms with Gasteiger partial charge in [-0.15, -0.1) is 6.42 Å². The number of hydrogen-bond acceptors (Lipinski definition) is 3. The molecule has 2 atom stereocenters. The Morgan fingerprint density at radius 1 is 1.47 bits per heavy atom. The van der Waals surface area contributed by atoms with E-state index >= 15 is 0 Å². The predicted molar refractivity (Wildman–Crippen MR) is 57.7 cm³/mol. The number of primary amides is 1. The second-order valence-electron chi connectivity index (χ2n) is 3.38. The lowest BCUT2D eigenvalue weighted by Gasteiger charge is -2.17. The first-order valence-corrected chi connectivity index (χ1v) is 4.73. The molecule has 4 N–H and O–H groups in total. The molecule has 0 rings (SSSR count). The highest BCUT2D eigenvalue weighted by molar-refractivity contribution is 5.81. The van der Waals surface area contributed by atoms with E-state index in [-0.39, 0.29) is 24.9 Å². The first-order valence-electron chi connectivity index (χ1n) is 4.73. The van der Waals surface area contributed by atoms with Gasteiger partial charge in [-0.2, -0.15) is 0 Å². The molecule has 0 bridgehead atoms. The van der Waals surface area contributed by atoms with Crippen LogP contribution in [0.25, 0.3) is 0 Å². The van der Waals surface area contributed by atoms with E-state index in [0.717, 1.165) is 0 Å². The third-order valence-electron chi connectivity index (χ3n) is 1.80. The van der Waals surface area contributed by atoms with E-state index in [0.29, 0.717) is 0 Å². The Balaban J connectivity index is 3.91. The zero-order valence-electron chi connectivity index (χ0n) is 9.04. The molecule has 0 saturated heterocycles. The third-order valence-corrected chi connectivity index (χ3v) is 1.80. The second-order valence-corrected chi connectivity index (χ2v) is 3.38. The fourth-order valence-electron chi connectivity index (χ4n) is 1.15. The van der Waals surface area contributed by atoms with Crippen molar-refractivity contribution >= 4 is 11.8 Å². The molecule has 0 aromatic carbocycles. The van der Waals surface area contributed by atoms with Crippen LogP contribution in [0.1, 0.15) is 20.3 Å². The monoisotopic (exact) mass is 211 g/mol. The number of carbonyl (C=O) groups excluding carboxylic acids is 2. The van der Waals surface area contributed by atoms with Gasteiger partial charge >= 0.3 is 0 Å². The second kappa shape index (κ2) is 6.85. The lowest BCUT2D eigenvalue weighted by atomic mass is 10.2. The van der Waals surface area contributed by atoms with Crippen LogP contribution in [0.4, 0.5) is 0 Å². The van der Waals surface area contributed by atoms with Crippen LogP contribution in [0.15, 0.2) is 0 Å². The van der Waals surface area contributed by atoms with Crippen LogP contribution in [0.5, 0.6) is 0 Å². The highest BCUT2D eigenvalue weighted by atomic mass is 16.2. The van der Waals surface area contributed by atoms with Crippen LogP contribution in [0.3, 0.4) is 0 Å². The molecule has 0 spiro atoms. The molecular formula is C10H17N3O2. The summed E-state index contributed by atoms with van der Waals surface area (Å²) in [6.07, 6.45) is 5.20. The Labute approximate surface area is 89.8 Å². The molecule has 84 valence electrons. The topological polar surface area (TPSA) is 84.2 Å². The number of nitrogens with one attached hydrogen (secondary N) is 2. The van der Waals surface area contributed by atoms with Crippen molar-refractivity contribution in [2.24, 2.45) is 5.73 Å². The van der Waals surface area contributed by atoms with Crippen LogP contribution < -0.4 is 16.4 Å². The summed E-state index contributed by atoms with van der Waals surface area (Å²) < 4.78 is 0. The summed E-state index contributed by atoms with van der Waals surface area (Å²) >= 11 is 0. The maximum Gasteiger partial charge on any atom is 0.237 e. The number of hydrogen-bond donors (Lipinski definition) is 3. The standard InChI is InChI=1S/C10H17N3O2/c1-4-5-12-10(15)8(3)13-7(2)6-9(11)14/h1,7-8,13H,5-6H2,2-3H3,(H2,11,14)(H,12,15). The van der Waals surface area contributed by atoms with Gasteiger partial charge < -0.3 is 16.4 Å². The molecule has 0 aliphatic carbocycles. The molecule has 2 unspecified atom stereocenters. The summed E-state index contributed by atoms with van der Waals surface area (Å²) in [4.78, 5) is 21.9. The van der Waals surface area contributed by atoms with E-state index in [2.05, 4.69) is 16.6 Å². The number of nitrogens with two attached hydrogens (primary N) is 1. The van der Waals surface area contributed by atoms with Crippen molar-refractivity contribution in [1.29, 1.82) is 0 Å². The first kappa shape index (κ1) is 13.5. The van der Waals surface area contributed by atoms with E-state index in [1.54, 1.807) is 13.8 Å². The summed E-state index contributed by atoms with van der Waals surface area (Å²) in [7, 11) is 0. The predicted octanol–water partition coefficient (Wildman–Crippen LogP) is -1.02. The quantitative estimate of drug-likeness (QED) is 0.492. The fourth-order valence-corrected chi connectivity index (χ4v) is 1.15. The summed E-state index contributed by atoms with van der Waals surface area (Å²) in [6.45, 7) is 3.69. The molecule has 0 heterocycles. The van der Waals surface area contributed by atoms with Gasteiger partial charge in [-0.3, -0.25) is 9.59 Å². The van der Waals surface area contributed by atoms with Gasteiger partial charge in [0.25, 0.3) is 0 Å². The molecule has 0 aromatic heterocycles. The van der Waals surface area contributed by atoms with Gasteiger partial charge in [0, 0.05) is 12.5 Å². The molecule has 0 aliphatic rings. The average molecular weight is 211 g/mol. The van der Waals surface area contributed by atoms with Crippen molar-refractivity contribution in [3.05, 3.63) is 0 Å². The number of rotatable bonds is 6. The first-order chi connectivity index (χ1) is 6.97. The van der Waals surface area contributed by atoms with Crippen molar-refractivity contribution < 1.29 is 9.59 Å². The van der Waals surface area contributed by atoms with E-state index in [4.69, 9.17) is 12.2 Å². The zero-order valence-corrected chi connectivity index (χ0v) is 9.04. The SMILES string of the molecule is C#CCNC(=O)C(C)NC(C)CC(N)=O. The van der Waals surface area contributed by atoms with Gasteiger partial charge in [0.05, 0.1) is 12.6 Å². The van der Waals surface area contributed by atoms with Crippen molar-refractivity contribution in [3.8, 4) is 12.3 Å². The summed E-state index contributed by atoms with van der Waals surface area (Å²) in [5.74, 6) is 1.72. The Bertz CT molecular complexity index is 270. The molecule has 2 amide bonds. The average Bonchev–Trinajstić information content (AvgIpc) is 2.12. The molecule has 0 fully saturated rings. The molecule has 5 heteroatoms. The lowest BCUT2D eigenvalue weighted by Crippen LogP contribution is -2.46. The summed E-state index contributed by atoms with van der Waals surface area (Å²) in [5, 5.41) is 5.48.